The quantitative estimate of drug-likeness (QED) is 0.428. The Bertz CT molecular complexity index is 322. The lowest BCUT2D eigenvalue weighted by Crippen LogP contribution is -2.35. The van der Waals surface area contributed by atoms with E-state index in [1.54, 1.807) is 0 Å². The molecule has 1 aromatic heterocycles. The van der Waals surface area contributed by atoms with Gasteiger partial charge in [0.15, 0.2) is 0 Å². The molecule has 2 N–H and O–H groups in total. The van der Waals surface area contributed by atoms with Crippen LogP contribution < -0.4 is 5.73 Å². The molecule has 0 fully saturated rings. The van der Waals surface area contributed by atoms with E-state index < -0.39 is 18.0 Å². The Morgan fingerprint density at radius 1 is 1.64 bits per heavy atom. The van der Waals surface area contributed by atoms with Gasteiger partial charge in [-0.3, -0.25) is 0 Å². The van der Waals surface area contributed by atoms with Crippen LogP contribution >= 0.6 is 12.6 Å². The van der Waals surface area contributed by atoms with Crippen molar-refractivity contribution >= 4 is 24.6 Å². The van der Waals surface area contributed by atoms with Gasteiger partial charge in [0.25, 0.3) is 0 Å². The van der Waals surface area contributed by atoms with E-state index in [0.717, 1.165) is 0 Å². The Morgan fingerprint density at radius 2 is 2.36 bits per heavy atom. The van der Waals surface area contributed by atoms with Crippen LogP contribution in [0.1, 0.15) is 10.6 Å². The zero-order valence-electron chi connectivity index (χ0n) is 7.17. The van der Waals surface area contributed by atoms with Crippen LogP contribution in [-0.2, 0) is 9.53 Å². The maximum Gasteiger partial charge on any atom is 0.381 e. The van der Waals surface area contributed by atoms with Crippen LogP contribution in [0.5, 0.6) is 0 Å². The summed E-state index contributed by atoms with van der Waals surface area (Å²) in [5.74, 6) is -1.59. The van der Waals surface area contributed by atoms with Crippen molar-refractivity contribution in [2.24, 2.45) is 5.73 Å². The van der Waals surface area contributed by atoms with Gasteiger partial charge in [0.1, 0.15) is 6.04 Å². The van der Waals surface area contributed by atoms with Crippen molar-refractivity contribution in [1.29, 1.82) is 0 Å². The molecule has 1 aromatic rings. The molecule has 5 nitrogen and oxygen atoms in total. The summed E-state index contributed by atoms with van der Waals surface area (Å²) in [7, 11) is 0. The van der Waals surface area contributed by atoms with Crippen LogP contribution in [0, 0.1) is 0 Å². The summed E-state index contributed by atoms with van der Waals surface area (Å²) >= 11 is 3.79. The van der Waals surface area contributed by atoms with Gasteiger partial charge in [-0.1, -0.05) is 0 Å². The molecule has 0 aliphatic rings. The van der Waals surface area contributed by atoms with Crippen LogP contribution in [0.2, 0.25) is 0 Å². The molecular formula is C8H9NO4S. The van der Waals surface area contributed by atoms with Crippen molar-refractivity contribution in [2.45, 2.75) is 6.04 Å². The molecule has 0 saturated heterocycles. The van der Waals surface area contributed by atoms with Crippen molar-refractivity contribution < 1.29 is 18.7 Å². The summed E-state index contributed by atoms with van der Waals surface area (Å²) in [6.07, 6.45) is 1.31. The highest BCUT2D eigenvalue weighted by Gasteiger charge is 2.19. The van der Waals surface area contributed by atoms with E-state index in [2.05, 4.69) is 17.4 Å². The fraction of sp³-hybridized carbons (Fsp3) is 0.250. The molecule has 76 valence electrons. The first-order valence-corrected chi connectivity index (χ1v) is 4.44. The van der Waals surface area contributed by atoms with E-state index in [0.29, 0.717) is 0 Å². The fourth-order valence-corrected chi connectivity index (χ4v) is 0.836. The molecular weight excluding hydrogens is 206 g/mol. The zero-order chi connectivity index (χ0) is 10.6. The molecule has 0 amide bonds. The van der Waals surface area contributed by atoms with Crippen molar-refractivity contribution in [3.8, 4) is 0 Å². The second kappa shape index (κ2) is 4.83. The van der Waals surface area contributed by atoms with Crippen molar-refractivity contribution in [3.63, 3.8) is 0 Å². The molecule has 0 unspecified atom stereocenters. The zero-order valence-corrected chi connectivity index (χ0v) is 8.07. The van der Waals surface area contributed by atoms with Gasteiger partial charge in [-0.15, -0.1) is 0 Å². The first kappa shape index (κ1) is 10.8. The van der Waals surface area contributed by atoms with Crippen molar-refractivity contribution in [1.82, 2.24) is 0 Å². The molecule has 0 radical (unpaired) electrons. The van der Waals surface area contributed by atoms with Crippen LogP contribution in [0.15, 0.2) is 22.8 Å². The number of hydrogen-bond donors (Lipinski definition) is 2. The van der Waals surface area contributed by atoms with Crippen LogP contribution in [0.3, 0.4) is 0 Å². The maximum absolute atomic E-state index is 11.1. The molecule has 1 rings (SSSR count). The highest BCUT2D eigenvalue weighted by Crippen LogP contribution is 2.03. The fourth-order valence-electron chi connectivity index (χ4n) is 0.687. The number of carbonyl (C=O) groups excluding carboxylic acids is 2. The molecule has 1 atom stereocenters. The van der Waals surface area contributed by atoms with Gasteiger partial charge in [0.05, 0.1) is 6.26 Å². The van der Waals surface area contributed by atoms with Crippen LogP contribution in [0.4, 0.5) is 0 Å². The Kier molecular flexibility index (Phi) is 3.73. The lowest BCUT2D eigenvalue weighted by atomic mass is 10.4. The smallest absolute Gasteiger partial charge is 0.381 e. The monoisotopic (exact) mass is 215 g/mol. The normalized spacial score (nSPS) is 12.1. The summed E-state index contributed by atoms with van der Waals surface area (Å²) in [5.41, 5.74) is 5.28. The molecule has 1 heterocycles. The first-order chi connectivity index (χ1) is 6.65. The summed E-state index contributed by atoms with van der Waals surface area (Å²) in [6.45, 7) is 0. The number of hydrogen-bond acceptors (Lipinski definition) is 6. The summed E-state index contributed by atoms with van der Waals surface area (Å²) in [6, 6.07) is 2.00. The predicted octanol–water partition coefficient (Wildman–Crippen LogP) is 0.220. The minimum atomic E-state index is -0.905. The van der Waals surface area contributed by atoms with E-state index in [-0.39, 0.29) is 11.5 Å². The number of ether oxygens (including phenoxy) is 1. The summed E-state index contributed by atoms with van der Waals surface area (Å²) in [5, 5.41) is 0. The van der Waals surface area contributed by atoms with Crippen LogP contribution in [-0.4, -0.2) is 23.7 Å². The third kappa shape index (κ3) is 2.61. The molecule has 0 spiro atoms. The molecule has 14 heavy (non-hydrogen) atoms. The third-order valence-corrected chi connectivity index (χ3v) is 1.81. The van der Waals surface area contributed by atoms with Gasteiger partial charge in [0, 0.05) is 5.75 Å². The highest BCUT2D eigenvalue weighted by atomic mass is 32.1. The van der Waals surface area contributed by atoms with Crippen molar-refractivity contribution in [2.75, 3.05) is 5.75 Å². The SMILES string of the molecule is N[C@@H](CS)C(=O)OC(=O)c1ccco1. The number of rotatable bonds is 3. The van der Waals surface area contributed by atoms with Crippen LogP contribution in [0.25, 0.3) is 0 Å². The molecule has 6 heteroatoms. The first-order valence-electron chi connectivity index (χ1n) is 3.81. The number of esters is 2. The molecule has 0 aromatic carbocycles. The average Bonchev–Trinajstić information content (AvgIpc) is 2.69. The lowest BCUT2D eigenvalue weighted by molar-refractivity contribution is -0.139. The largest absolute Gasteiger partial charge is 0.457 e. The van der Waals surface area contributed by atoms with Gasteiger partial charge in [-0.25, -0.2) is 9.59 Å². The Balaban J connectivity index is 2.54. The van der Waals surface area contributed by atoms with Crippen molar-refractivity contribution in [3.05, 3.63) is 24.2 Å². The van der Waals surface area contributed by atoms with E-state index in [4.69, 9.17) is 10.2 Å². The summed E-state index contributed by atoms with van der Waals surface area (Å²) < 4.78 is 9.12. The highest BCUT2D eigenvalue weighted by molar-refractivity contribution is 7.80. The van der Waals surface area contributed by atoms with Gasteiger partial charge in [-0.2, -0.15) is 12.6 Å². The second-order valence-corrected chi connectivity index (χ2v) is 2.84. The molecule has 0 saturated carbocycles. The standard InChI is InChI=1S/C8H9NO4S/c9-5(4-14)7(10)13-8(11)6-2-1-3-12-6/h1-3,5,14H,4,9H2/t5-/m0/s1. The van der Waals surface area contributed by atoms with E-state index in [9.17, 15) is 9.59 Å². The minimum absolute atomic E-state index is 0.0373. The molecule has 0 aliphatic carbocycles. The molecule has 0 bridgehead atoms. The minimum Gasteiger partial charge on any atom is -0.457 e. The van der Waals surface area contributed by atoms with Gasteiger partial charge >= 0.3 is 11.9 Å². The van der Waals surface area contributed by atoms with Gasteiger partial charge < -0.3 is 14.9 Å². The number of nitrogens with two attached hydrogens (primary N) is 1. The predicted molar refractivity (Wildman–Crippen MR) is 51.0 cm³/mol. The third-order valence-electron chi connectivity index (χ3n) is 1.42. The number of furan rings is 1. The van der Waals surface area contributed by atoms with Gasteiger partial charge in [-0.05, 0) is 12.1 Å². The van der Waals surface area contributed by atoms with Gasteiger partial charge in [0.2, 0.25) is 5.76 Å². The Morgan fingerprint density at radius 3 is 2.86 bits per heavy atom. The summed E-state index contributed by atoms with van der Waals surface area (Å²) in [4.78, 5) is 22.1. The molecule has 0 aliphatic heterocycles. The topological polar surface area (TPSA) is 82.5 Å². The second-order valence-electron chi connectivity index (χ2n) is 2.47. The maximum atomic E-state index is 11.1. The number of thiol groups is 1. The van der Waals surface area contributed by atoms with E-state index >= 15 is 0 Å². The Labute approximate surface area is 85.6 Å². The lowest BCUT2D eigenvalue weighted by Gasteiger charge is -2.05. The Hall–Kier alpha value is -1.27. The number of carbonyl (C=O) groups is 2. The average molecular weight is 215 g/mol. The van der Waals surface area contributed by atoms with E-state index in [1.165, 1.54) is 18.4 Å². The van der Waals surface area contributed by atoms with E-state index in [1.807, 2.05) is 0 Å².